The van der Waals surface area contributed by atoms with E-state index < -0.39 is 10.0 Å². The number of rotatable bonds is 4. The van der Waals surface area contributed by atoms with Crippen molar-refractivity contribution in [1.82, 2.24) is 14.2 Å². The number of aryl methyl sites for hydroxylation is 1. The van der Waals surface area contributed by atoms with Crippen LogP contribution in [0.15, 0.2) is 18.3 Å². The van der Waals surface area contributed by atoms with Gasteiger partial charge in [0.2, 0.25) is 10.0 Å². The number of fused-ring (bicyclic) bond motifs is 1. The molecule has 2 aliphatic heterocycles. The van der Waals surface area contributed by atoms with E-state index >= 15 is 0 Å². The molecule has 1 aromatic rings. The Hall–Kier alpha value is -1.02. The number of aliphatic hydroxyl groups is 1. The summed E-state index contributed by atoms with van der Waals surface area (Å²) in [5, 5.41) is 9.99. The number of aromatic nitrogens is 1. The van der Waals surface area contributed by atoms with Gasteiger partial charge in [-0.1, -0.05) is 6.07 Å². The Kier molecular flexibility index (Phi) is 4.48. The van der Waals surface area contributed by atoms with Gasteiger partial charge in [-0.25, -0.2) is 12.7 Å². The van der Waals surface area contributed by atoms with Crippen molar-refractivity contribution in [2.45, 2.75) is 19.9 Å². The fraction of sp³-hybridized carbons (Fsp3) is 0.688. The monoisotopic (exact) mass is 339 g/mol. The van der Waals surface area contributed by atoms with Crippen LogP contribution < -0.4 is 0 Å². The van der Waals surface area contributed by atoms with Crippen LogP contribution in [0, 0.1) is 18.3 Å². The van der Waals surface area contributed by atoms with Gasteiger partial charge in [-0.3, -0.25) is 9.88 Å². The molecule has 23 heavy (non-hydrogen) atoms. The highest BCUT2D eigenvalue weighted by Gasteiger charge is 2.51. The number of sulfonamides is 1. The summed E-state index contributed by atoms with van der Waals surface area (Å²) in [6.07, 6.45) is 4.03. The van der Waals surface area contributed by atoms with Gasteiger partial charge in [0.1, 0.15) is 0 Å². The summed E-state index contributed by atoms with van der Waals surface area (Å²) in [5.74, 6) is 0.240. The molecule has 0 bridgehead atoms. The fourth-order valence-electron chi connectivity index (χ4n) is 3.86. The maximum absolute atomic E-state index is 11.9. The van der Waals surface area contributed by atoms with Crippen molar-refractivity contribution < 1.29 is 13.5 Å². The predicted octanol–water partition coefficient (Wildman–Crippen LogP) is 0.466. The Morgan fingerprint density at radius 1 is 1.39 bits per heavy atom. The molecule has 3 heterocycles. The van der Waals surface area contributed by atoms with E-state index in [1.165, 1.54) is 10.6 Å². The number of hydrogen-bond acceptors (Lipinski definition) is 5. The van der Waals surface area contributed by atoms with E-state index in [1.54, 1.807) is 0 Å². The molecule has 128 valence electrons. The van der Waals surface area contributed by atoms with Crippen molar-refractivity contribution in [2.75, 3.05) is 39.0 Å². The van der Waals surface area contributed by atoms with Crippen molar-refractivity contribution >= 4 is 10.0 Å². The van der Waals surface area contributed by atoms with E-state index in [9.17, 15) is 13.5 Å². The van der Waals surface area contributed by atoms with E-state index in [1.807, 2.05) is 19.2 Å². The molecule has 0 aliphatic carbocycles. The van der Waals surface area contributed by atoms with Crippen LogP contribution in [0.25, 0.3) is 0 Å². The minimum Gasteiger partial charge on any atom is -0.396 e. The normalized spacial score (nSPS) is 29.6. The molecular formula is C16H25N3O3S. The molecule has 2 aliphatic rings. The molecule has 1 aromatic heterocycles. The van der Waals surface area contributed by atoms with Crippen LogP contribution >= 0.6 is 0 Å². The van der Waals surface area contributed by atoms with Crippen molar-refractivity contribution in [2.24, 2.45) is 11.3 Å². The van der Waals surface area contributed by atoms with Crippen LogP contribution in [0.5, 0.6) is 0 Å². The molecule has 6 nitrogen and oxygen atoms in total. The van der Waals surface area contributed by atoms with Crippen LogP contribution in [0.4, 0.5) is 0 Å². The van der Waals surface area contributed by atoms with Crippen molar-refractivity contribution in [3.05, 3.63) is 29.6 Å². The Morgan fingerprint density at radius 2 is 2.17 bits per heavy atom. The van der Waals surface area contributed by atoms with Crippen LogP contribution in [0.3, 0.4) is 0 Å². The molecule has 7 heteroatoms. The second kappa shape index (κ2) is 6.12. The number of aliphatic hydroxyl groups excluding tert-OH is 1. The Labute approximate surface area is 138 Å². The maximum Gasteiger partial charge on any atom is 0.211 e. The summed E-state index contributed by atoms with van der Waals surface area (Å²) < 4.78 is 25.2. The number of nitrogens with zero attached hydrogens (tertiary/aromatic N) is 3. The molecule has 0 radical (unpaired) electrons. The molecular weight excluding hydrogens is 314 g/mol. The molecule has 3 rings (SSSR count). The summed E-state index contributed by atoms with van der Waals surface area (Å²) in [4.78, 5) is 6.74. The second-order valence-corrected chi connectivity index (χ2v) is 9.08. The van der Waals surface area contributed by atoms with Gasteiger partial charge >= 0.3 is 0 Å². The maximum atomic E-state index is 11.9. The quantitative estimate of drug-likeness (QED) is 0.863. The summed E-state index contributed by atoms with van der Waals surface area (Å²) in [6, 6.07) is 4.09. The zero-order valence-electron chi connectivity index (χ0n) is 13.8. The number of hydrogen-bond donors (Lipinski definition) is 1. The molecule has 0 aromatic carbocycles. The molecule has 2 fully saturated rings. The molecule has 2 atom stereocenters. The topological polar surface area (TPSA) is 73.7 Å². The highest BCUT2D eigenvalue weighted by atomic mass is 32.2. The molecule has 0 spiro atoms. The summed E-state index contributed by atoms with van der Waals surface area (Å²) >= 11 is 0. The van der Waals surface area contributed by atoms with E-state index in [0.717, 1.165) is 37.3 Å². The average Bonchev–Trinajstić information content (AvgIpc) is 2.89. The van der Waals surface area contributed by atoms with Gasteiger partial charge in [0.25, 0.3) is 0 Å². The van der Waals surface area contributed by atoms with Crippen LogP contribution in [0.2, 0.25) is 0 Å². The van der Waals surface area contributed by atoms with Crippen LogP contribution in [-0.4, -0.2) is 66.8 Å². The fourth-order valence-corrected chi connectivity index (χ4v) is 4.80. The minimum atomic E-state index is -3.20. The smallest absolute Gasteiger partial charge is 0.211 e. The molecule has 0 saturated carbocycles. The summed E-state index contributed by atoms with van der Waals surface area (Å²) in [7, 11) is -3.20. The lowest BCUT2D eigenvalue weighted by Crippen LogP contribution is -2.50. The third-order valence-electron chi connectivity index (χ3n) is 5.26. The van der Waals surface area contributed by atoms with Gasteiger partial charge in [-0.15, -0.1) is 0 Å². The second-order valence-electron chi connectivity index (χ2n) is 7.10. The third kappa shape index (κ3) is 3.42. The van der Waals surface area contributed by atoms with Gasteiger partial charge in [-0.05, 0) is 37.4 Å². The van der Waals surface area contributed by atoms with Gasteiger partial charge in [0.15, 0.2) is 0 Å². The van der Waals surface area contributed by atoms with Crippen molar-refractivity contribution in [1.29, 1.82) is 0 Å². The van der Waals surface area contributed by atoms with E-state index in [0.29, 0.717) is 13.1 Å². The zero-order valence-corrected chi connectivity index (χ0v) is 14.6. The molecule has 2 saturated heterocycles. The average molecular weight is 339 g/mol. The van der Waals surface area contributed by atoms with Crippen molar-refractivity contribution in [3.63, 3.8) is 0 Å². The van der Waals surface area contributed by atoms with Gasteiger partial charge in [0, 0.05) is 37.8 Å². The highest BCUT2D eigenvalue weighted by Crippen LogP contribution is 2.42. The minimum absolute atomic E-state index is 0.0293. The lowest BCUT2D eigenvalue weighted by atomic mass is 9.74. The first-order chi connectivity index (χ1) is 10.8. The number of likely N-dealkylation sites (tertiary alicyclic amines) is 1. The Morgan fingerprint density at radius 3 is 2.78 bits per heavy atom. The molecule has 1 N–H and O–H groups in total. The largest absolute Gasteiger partial charge is 0.396 e. The van der Waals surface area contributed by atoms with E-state index in [2.05, 4.69) is 16.0 Å². The van der Waals surface area contributed by atoms with E-state index in [-0.39, 0.29) is 17.9 Å². The molecule has 0 amide bonds. The third-order valence-corrected chi connectivity index (χ3v) is 6.47. The van der Waals surface area contributed by atoms with E-state index in [4.69, 9.17) is 0 Å². The first-order valence-electron chi connectivity index (χ1n) is 8.02. The van der Waals surface area contributed by atoms with Crippen LogP contribution in [0.1, 0.15) is 17.7 Å². The zero-order chi connectivity index (χ0) is 16.7. The first-order valence-corrected chi connectivity index (χ1v) is 9.87. The number of pyridine rings is 1. The van der Waals surface area contributed by atoms with Gasteiger partial charge in [-0.2, -0.15) is 0 Å². The lowest BCUT2D eigenvalue weighted by Gasteiger charge is -2.43. The first kappa shape index (κ1) is 16.8. The Bertz CT molecular complexity index is 662. The highest BCUT2D eigenvalue weighted by molar-refractivity contribution is 7.88. The van der Waals surface area contributed by atoms with Crippen LogP contribution in [-0.2, 0) is 16.6 Å². The SMILES string of the molecule is Cc1ccc(CN2CC[C@@H]3CN(S(C)(=O)=O)C[C@]3(CO)C2)nc1. The summed E-state index contributed by atoms with van der Waals surface area (Å²) in [6.45, 7) is 5.38. The predicted molar refractivity (Wildman–Crippen MR) is 88.3 cm³/mol. The van der Waals surface area contributed by atoms with Gasteiger partial charge < -0.3 is 5.11 Å². The Balaban J connectivity index is 1.73. The summed E-state index contributed by atoms with van der Waals surface area (Å²) in [5.41, 5.74) is 1.81. The standard InChI is InChI=1S/C16H25N3O3S/c1-13-3-4-15(17-7-13)9-18-6-5-14-8-19(23(2,21)22)11-16(14,10-18)12-20/h3-4,7,14,20H,5-6,8-12H2,1-2H3/t14-,16+/m1/s1. The molecule has 0 unspecified atom stereocenters. The van der Waals surface area contributed by atoms with Gasteiger partial charge in [0.05, 0.1) is 18.6 Å². The number of piperidine rings is 1. The lowest BCUT2D eigenvalue weighted by molar-refractivity contribution is 0.00837. The van der Waals surface area contributed by atoms with Crippen molar-refractivity contribution in [3.8, 4) is 0 Å².